The second kappa shape index (κ2) is 4.86. The van der Waals surface area contributed by atoms with Crippen LogP contribution in [0.1, 0.15) is 18.7 Å². The highest BCUT2D eigenvalue weighted by Crippen LogP contribution is 2.20. The van der Waals surface area contributed by atoms with Gasteiger partial charge in [-0.3, -0.25) is 4.40 Å². The first-order chi connectivity index (χ1) is 8.72. The first kappa shape index (κ1) is 11.9. The van der Waals surface area contributed by atoms with Crippen LogP contribution in [0.2, 0.25) is 5.02 Å². The summed E-state index contributed by atoms with van der Waals surface area (Å²) in [6.45, 7) is 2.37. The molecule has 1 fully saturated rings. The van der Waals surface area contributed by atoms with Crippen molar-refractivity contribution in [3.63, 3.8) is 0 Å². The van der Waals surface area contributed by atoms with Crippen LogP contribution in [0.5, 0.6) is 0 Å². The molecule has 0 aliphatic carbocycles. The molecular weight excluding hydrogens is 248 g/mol. The fraction of sp³-hybridized carbons (Fsp3) is 0.538. The number of pyridine rings is 1. The zero-order valence-electron chi connectivity index (χ0n) is 10.5. The SMILES string of the molecule is CN1CCCC(Cc2nnc3cc(Cl)ccn23)C1. The molecule has 0 spiro atoms. The molecule has 0 amide bonds. The van der Waals surface area contributed by atoms with E-state index in [2.05, 4.69) is 22.1 Å². The number of fused-ring (bicyclic) bond motifs is 1. The highest BCUT2D eigenvalue weighted by molar-refractivity contribution is 6.30. The highest BCUT2D eigenvalue weighted by atomic mass is 35.5. The number of likely N-dealkylation sites (tertiary alicyclic amines) is 1. The van der Waals surface area contributed by atoms with Crippen LogP contribution in [0, 0.1) is 5.92 Å². The van der Waals surface area contributed by atoms with Gasteiger partial charge >= 0.3 is 0 Å². The van der Waals surface area contributed by atoms with Gasteiger partial charge in [-0.05, 0) is 38.4 Å². The summed E-state index contributed by atoms with van der Waals surface area (Å²) >= 11 is 5.95. The molecule has 2 aromatic heterocycles. The average molecular weight is 265 g/mol. The first-order valence-electron chi connectivity index (χ1n) is 6.40. The first-order valence-corrected chi connectivity index (χ1v) is 6.78. The number of piperidine rings is 1. The smallest absolute Gasteiger partial charge is 0.162 e. The van der Waals surface area contributed by atoms with E-state index in [0.29, 0.717) is 10.9 Å². The lowest BCUT2D eigenvalue weighted by Crippen LogP contribution is -2.33. The third kappa shape index (κ3) is 2.35. The van der Waals surface area contributed by atoms with Crippen LogP contribution >= 0.6 is 11.6 Å². The van der Waals surface area contributed by atoms with Gasteiger partial charge in [0.1, 0.15) is 5.82 Å². The lowest BCUT2D eigenvalue weighted by molar-refractivity contribution is 0.207. The fourth-order valence-corrected chi connectivity index (χ4v) is 2.91. The van der Waals surface area contributed by atoms with Crippen LogP contribution in [0.4, 0.5) is 0 Å². The summed E-state index contributed by atoms with van der Waals surface area (Å²) in [7, 11) is 2.19. The topological polar surface area (TPSA) is 33.4 Å². The van der Waals surface area contributed by atoms with Gasteiger partial charge in [0.15, 0.2) is 5.65 Å². The molecule has 1 atom stereocenters. The van der Waals surface area contributed by atoms with E-state index in [0.717, 1.165) is 24.4 Å². The van der Waals surface area contributed by atoms with Crippen LogP contribution in [-0.4, -0.2) is 39.6 Å². The molecule has 1 unspecified atom stereocenters. The Hall–Kier alpha value is -1.13. The molecule has 1 aliphatic rings. The lowest BCUT2D eigenvalue weighted by atomic mass is 9.95. The van der Waals surface area contributed by atoms with E-state index in [4.69, 9.17) is 11.6 Å². The van der Waals surface area contributed by atoms with E-state index in [1.54, 1.807) is 0 Å². The number of aromatic nitrogens is 3. The molecule has 1 aliphatic heterocycles. The minimum Gasteiger partial charge on any atom is -0.306 e. The largest absolute Gasteiger partial charge is 0.306 e. The maximum absolute atomic E-state index is 5.95. The highest BCUT2D eigenvalue weighted by Gasteiger charge is 2.19. The minimum atomic E-state index is 0.687. The van der Waals surface area contributed by atoms with Crippen molar-refractivity contribution in [2.24, 2.45) is 5.92 Å². The molecule has 5 heteroatoms. The quantitative estimate of drug-likeness (QED) is 0.834. The molecule has 96 valence electrons. The molecule has 3 rings (SSSR count). The molecule has 4 nitrogen and oxygen atoms in total. The van der Waals surface area contributed by atoms with Crippen molar-refractivity contribution >= 4 is 17.2 Å². The van der Waals surface area contributed by atoms with E-state index in [-0.39, 0.29) is 0 Å². The maximum atomic E-state index is 5.95. The second-order valence-electron chi connectivity index (χ2n) is 5.16. The average Bonchev–Trinajstić information content (AvgIpc) is 2.72. The molecule has 0 saturated carbocycles. The van der Waals surface area contributed by atoms with Crippen LogP contribution in [0.25, 0.3) is 5.65 Å². The third-order valence-electron chi connectivity index (χ3n) is 3.64. The summed E-state index contributed by atoms with van der Waals surface area (Å²) in [6.07, 6.45) is 5.52. The van der Waals surface area contributed by atoms with Crippen molar-refractivity contribution < 1.29 is 0 Å². The molecule has 0 bridgehead atoms. The molecule has 18 heavy (non-hydrogen) atoms. The number of rotatable bonds is 2. The summed E-state index contributed by atoms with van der Waals surface area (Å²) in [5.74, 6) is 1.73. The molecule has 0 aromatic carbocycles. The Kier molecular flexibility index (Phi) is 3.22. The minimum absolute atomic E-state index is 0.687. The van der Waals surface area contributed by atoms with Crippen molar-refractivity contribution in [3.8, 4) is 0 Å². The lowest BCUT2D eigenvalue weighted by Gasteiger charge is -2.29. The van der Waals surface area contributed by atoms with E-state index in [9.17, 15) is 0 Å². The van der Waals surface area contributed by atoms with Gasteiger partial charge < -0.3 is 4.90 Å². The molecule has 0 radical (unpaired) electrons. The van der Waals surface area contributed by atoms with Gasteiger partial charge in [0, 0.05) is 30.3 Å². The Balaban J connectivity index is 1.82. The zero-order valence-corrected chi connectivity index (χ0v) is 11.3. The molecule has 3 heterocycles. The Morgan fingerprint density at radius 3 is 3.17 bits per heavy atom. The summed E-state index contributed by atoms with van der Waals surface area (Å²) in [6, 6.07) is 3.74. The summed E-state index contributed by atoms with van der Waals surface area (Å²) in [5.41, 5.74) is 0.835. The van der Waals surface area contributed by atoms with Crippen LogP contribution in [-0.2, 0) is 6.42 Å². The molecular formula is C13H17ClN4. The normalized spacial score (nSPS) is 21.6. The number of hydrogen-bond donors (Lipinski definition) is 0. The van der Waals surface area contributed by atoms with Crippen LogP contribution in [0.3, 0.4) is 0 Å². The maximum Gasteiger partial charge on any atom is 0.162 e. The number of halogens is 1. The van der Waals surface area contributed by atoms with Gasteiger partial charge in [0.25, 0.3) is 0 Å². The van der Waals surface area contributed by atoms with Gasteiger partial charge in [-0.1, -0.05) is 11.6 Å². The molecule has 1 saturated heterocycles. The second-order valence-corrected chi connectivity index (χ2v) is 5.60. The zero-order chi connectivity index (χ0) is 12.5. The number of nitrogens with zero attached hydrogens (tertiary/aromatic N) is 4. The van der Waals surface area contributed by atoms with Gasteiger partial charge in [0.2, 0.25) is 0 Å². The monoisotopic (exact) mass is 264 g/mol. The van der Waals surface area contributed by atoms with Gasteiger partial charge in [-0.2, -0.15) is 0 Å². The van der Waals surface area contributed by atoms with E-state index in [1.165, 1.54) is 19.4 Å². The Morgan fingerprint density at radius 1 is 1.44 bits per heavy atom. The Labute approximate surface area is 112 Å². The van der Waals surface area contributed by atoms with E-state index < -0.39 is 0 Å². The standard InChI is InChI=1S/C13H17ClN4/c1-17-5-2-3-10(9-17)7-12-15-16-13-8-11(14)4-6-18(12)13/h4,6,8,10H,2-3,5,7,9H2,1H3. The van der Waals surface area contributed by atoms with E-state index >= 15 is 0 Å². The van der Waals surface area contributed by atoms with Gasteiger partial charge in [-0.15, -0.1) is 10.2 Å². The van der Waals surface area contributed by atoms with Crippen LogP contribution in [0.15, 0.2) is 18.3 Å². The fourth-order valence-electron chi connectivity index (χ4n) is 2.75. The summed E-state index contributed by atoms with van der Waals surface area (Å²) in [4.78, 5) is 2.40. The summed E-state index contributed by atoms with van der Waals surface area (Å²) in [5, 5.41) is 9.18. The van der Waals surface area contributed by atoms with Crippen molar-refractivity contribution in [2.75, 3.05) is 20.1 Å². The Morgan fingerprint density at radius 2 is 2.33 bits per heavy atom. The van der Waals surface area contributed by atoms with Crippen molar-refractivity contribution in [1.82, 2.24) is 19.5 Å². The summed E-state index contributed by atoms with van der Waals surface area (Å²) < 4.78 is 2.04. The Bertz CT molecular complexity index is 551. The van der Waals surface area contributed by atoms with Gasteiger partial charge in [-0.25, -0.2) is 0 Å². The van der Waals surface area contributed by atoms with Gasteiger partial charge in [0.05, 0.1) is 0 Å². The molecule has 2 aromatic rings. The van der Waals surface area contributed by atoms with Crippen molar-refractivity contribution in [3.05, 3.63) is 29.2 Å². The van der Waals surface area contributed by atoms with Crippen molar-refractivity contribution in [1.29, 1.82) is 0 Å². The van der Waals surface area contributed by atoms with Crippen LogP contribution < -0.4 is 0 Å². The molecule has 0 N–H and O–H groups in total. The number of hydrogen-bond acceptors (Lipinski definition) is 3. The predicted molar refractivity (Wildman–Crippen MR) is 71.9 cm³/mol. The third-order valence-corrected chi connectivity index (χ3v) is 3.87. The van der Waals surface area contributed by atoms with E-state index in [1.807, 2.05) is 22.7 Å². The van der Waals surface area contributed by atoms with Crippen molar-refractivity contribution in [2.45, 2.75) is 19.3 Å². The predicted octanol–water partition coefficient (Wildman–Crippen LogP) is 2.27.